The van der Waals surface area contributed by atoms with Gasteiger partial charge >= 0.3 is 0 Å². The van der Waals surface area contributed by atoms with Gasteiger partial charge in [0.2, 0.25) is 0 Å². The average Bonchev–Trinajstić information content (AvgIpc) is 2.63. The van der Waals surface area contributed by atoms with Crippen molar-refractivity contribution in [1.29, 1.82) is 0 Å². The molecule has 0 aliphatic carbocycles. The van der Waals surface area contributed by atoms with Crippen molar-refractivity contribution in [3.05, 3.63) is 41.0 Å². The van der Waals surface area contributed by atoms with Crippen LogP contribution in [0.1, 0.15) is 37.9 Å². The molecule has 0 N–H and O–H groups in total. The maximum atomic E-state index is 15.9. The lowest BCUT2D eigenvalue weighted by Crippen LogP contribution is -2.64. The van der Waals surface area contributed by atoms with E-state index in [4.69, 9.17) is 16.3 Å². The van der Waals surface area contributed by atoms with Gasteiger partial charge in [0.25, 0.3) is 0 Å². The van der Waals surface area contributed by atoms with Gasteiger partial charge in [0.1, 0.15) is 19.2 Å². The van der Waals surface area contributed by atoms with Gasteiger partial charge in [0.15, 0.2) is 6.04 Å². The Balaban J connectivity index is 1.76. The minimum atomic E-state index is -0.363. The molecule has 4 unspecified atom stereocenters. The molecule has 3 fully saturated rings. The molecule has 3 saturated heterocycles. The summed E-state index contributed by atoms with van der Waals surface area (Å²) in [6.45, 7) is 3.41. The van der Waals surface area contributed by atoms with E-state index >= 15 is 4.48 Å². The molecular formula is C20H25ClFN2O+. The molecule has 2 bridgehead atoms. The summed E-state index contributed by atoms with van der Waals surface area (Å²) in [5.74, 6) is 1.11. The smallest absolute Gasteiger partial charge is 0.155 e. The number of piperidine rings is 3. The topological polar surface area (TPSA) is 22.1 Å². The van der Waals surface area contributed by atoms with Gasteiger partial charge in [-0.05, 0) is 34.5 Å². The van der Waals surface area contributed by atoms with Crippen molar-refractivity contribution in [2.75, 3.05) is 20.2 Å². The molecule has 1 aromatic carbocycles. The van der Waals surface area contributed by atoms with Crippen LogP contribution < -0.4 is 0 Å². The molecule has 0 spiro atoms. The fourth-order valence-electron chi connectivity index (χ4n) is 5.07. The number of hydrogen-bond acceptors (Lipinski definition) is 2. The number of halogens is 2. The first-order valence-corrected chi connectivity index (χ1v) is 9.57. The van der Waals surface area contributed by atoms with Crippen LogP contribution in [0.2, 0.25) is 5.02 Å². The van der Waals surface area contributed by atoms with E-state index in [0.29, 0.717) is 29.9 Å². The number of hydrogen-bond donors (Lipinski definition) is 0. The third-order valence-corrected chi connectivity index (χ3v) is 6.58. The lowest BCUT2D eigenvalue weighted by Gasteiger charge is -2.51. The fourth-order valence-corrected chi connectivity index (χ4v) is 5.23. The van der Waals surface area contributed by atoms with Gasteiger partial charge in [-0.1, -0.05) is 30.7 Å². The molecule has 134 valence electrons. The Bertz CT molecular complexity index is 785. The summed E-state index contributed by atoms with van der Waals surface area (Å²) >= 11 is 6.17. The molecule has 5 heteroatoms. The molecule has 0 radical (unpaired) electrons. The molecule has 5 atom stereocenters. The maximum Gasteiger partial charge on any atom is 0.155 e. The minimum Gasteiger partial charge on any atom is -0.370 e. The molecule has 0 saturated carbocycles. The van der Waals surface area contributed by atoms with E-state index in [9.17, 15) is 0 Å². The van der Waals surface area contributed by atoms with Crippen molar-refractivity contribution < 1.29 is 13.9 Å². The molecular weight excluding hydrogens is 339 g/mol. The Kier molecular flexibility index (Phi) is 4.47. The van der Waals surface area contributed by atoms with Gasteiger partial charge in [-0.2, -0.15) is 0 Å². The summed E-state index contributed by atoms with van der Waals surface area (Å²) in [6.07, 6.45) is 4.31. The molecule has 4 heterocycles. The second-order valence-electron chi connectivity index (χ2n) is 7.58. The van der Waals surface area contributed by atoms with Gasteiger partial charge in [0, 0.05) is 37.5 Å². The van der Waals surface area contributed by atoms with E-state index in [2.05, 4.69) is 11.9 Å². The van der Waals surface area contributed by atoms with E-state index in [0.717, 1.165) is 35.7 Å². The number of aromatic nitrogens is 1. The van der Waals surface area contributed by atoms with Gasteiger partial charge in [-0.15, -0.1) is 4.71 Å². The molecule has 3 aliphatic heterocycles. The summed E-state index contributed by atoms with van der Waals surface area (Å²) in [7, 11) is 1.69. The first-order chi connectivity index (χ1) is 12.1. The van der Waals surface area contributed by atoms with Gasteiger partial charge in [-0.25, -0.2) is 0 Å². The summed E-state index contributed by atoms with van der Waals surface area (Å²) < 4.78 is 21.4. The Hall–Kier alpha value is -1.23. The van der Waals surface area contributed by atoms with Crippen molar-refractivity contribution in [3.8, 4) is 0 Å². The van der Waals surface area contributed by atoms with Crippen LogP contribution in [-0.4, -0.2) is 35.9 Å². The summed E-state index contributed by atoms with van der Waals surface area (Å²) in [5, 5.41) is 1.55. The van der Waals surface area contributed by atoms with Crippen LogP contribution in [0, 0.1) is 11.8 Å². The zero-order valence-electron chi connectivity index (χ0n) is 14.8. The van der Waals surface area contributed by atoms with E-state index in [1.54, 1.807) is 13.3 Å². The lowest BCUT2D eigenvalue weighted by atomic mass is 9.72. The van der Waals surface area contributed by atoms with Crippen LogP contribution in [0.4, 0.5) is 4.48 Å². The average molecular weight is 364 g/mol. The van der Waals surface area contributed by atoms with Crippen molar-refractivity contribution in [2.45, 2.75) is 38.3 Å². The van der Waals surface area contributed by atoms with Gasteiger partial charge in [0.05, 0.1) is 10.5 Å². The second-order valence-corrected chi connectivity index (χ2v) is 8.01. The Morgan fingerprint density at radius 1 is 1.44 bits per heavy atom. The zero-order valence-corrected chi connectivity index (χ0v) is 15.5. The predicted octanol–water partition coefficient (Wildman–Crippen LogP) is 5.10. The molecule has 2 aromatic rings. The van der Waals surface area contributed by atoms with Crippen molar-refractivity contribution >= 4 is 22.5 Å². The van der Waals surface area contributed by atoms with Crippen LogP contribution >= 0.6 is 11.6 Å². The normalized spacial score (nSPS) is 32.9. The number of ether oxygens (including phenoxy) is 1. The minimum absolute atomic E-state index is 0.156. The lowest BCUT2D eigenvalue weighted by molar-refractivity contribution is -1.09. The standard InChI is InChI=1S/C20H25ClFN2O/c1-3-13-12-24(22)8-7-14(13)9-19(24)20(25-2)16-5-4-6-18-17(16)10-15(21)11-23-18/h4-6,10-11,13-14,19-20H,3,7-9,12H2,1-2H3/q+1/t13?,14?,19?,20-,24?/m0/s1. The van der Waals surface area contributed by atoms with E-state index in [1.807, 2.05) is 24.3 Å². The van der Waals surface area contributed by atoms with Crippen LogP contribution in [0.25, 0.3) is 10.9 Å². The number of pyridine rings is 1. The number of rotatable bonds is 4. The molecule has 0 amide bonds. The van der Waals surface area contributed by atoms with Crippen molar-refractivity contribution in [2.24, 2.45) is 11.8 Å². The van der Waals surface area contributed by atoms with Crippen molar-refractivity contribution in [3.63, 3.8) is 0 Å². The number of quaternary nitrogens is 1. The van der Waals surface area contributed by atoms with Crippen LogP contribution in [-0.2, 0) is 4.74 Å². The van der Waals surface area contributed by atoms with Crippen LogP contribution in [0.15, 0.2) is 30.5 Å². The molecule has 3 nitrogen and oxygen atoms in total. The summed E-state index contributed by atoms with van der Waals surface area (Å²) in [4.78, 5) is 4.41. The quantitative estimate of drug-likeness (QED) is 0.705. The fraction of sp³-hybridized carbons (Fsp3) is 0.550. The monoisotopic (exact) mass is 363 g/mol. The largest absolute Gasteiger partial charge is 0.370 e. The highest BCUT2D eigenvalue weighted by atomic mass is 35.5. The van der Waals surface area contributed by atoms with E-state index in [-0.39, 0.29) is 16.9 Å². The van der Waals surface area contributed by atoms with Gasteiger partial charge < -0.3 is 4.74 Å². The van der Waals surface area contributed by atoms with Gasteiger partial charge in [-0.3, -0.25) is 4.98 Å². The molecule has 5 rings (SSSR count). The van der Waals surface area contributed by atoms with Crippen LogP contribution in [0.3, 0.4) is 0 Å². The SMILES string of the molecule is CCC1C[N+]2(F)CCC1CC2[C@@H](OC)c1cccc2ncc(Cl)cc12. The number of methoxy groups -OCH3 is 1. The summed E-state index contributed by atoms with van der Waals surface area (Å²) in [5.41, 5.74) is 1.87. The third kappa shape index (κ3) is 2.84. The number of fused-ring (bicyclic) bond motifs is 4. The number of nitrogens with zero attached hydrogens (tertiary/aromatic N) is 2. The highest BCUT2D eigenvalue weighted by molar-refractivity contribution is 6.31. The summed E-state index contributed by atoms with van der Waals surface area (Å²) in [6, 6.07) is 7.72. The first-order valence-electron chi connectivity index (χ1n) is 9.19. The Morgan fingerprint density at radius 2 is 2.28 bits per heavy atom. The predicted molar refractivity (Wildman–Crippen MR) is 97.9 cm³/mol. The van der Waals surface area contributed by atoms with Crippen molar-refractivity contribution in [1.82, 2.24) is 4.98 Å². The van der Waals surface area contributed by atoms with E-state index in [1.165, 1.54) is 0 Å². The molecule has 25 heavy (non-hydrogen) atoms. The first kappa shape index (κ1) is 17.2. The highest BCUT2D eigenvalue weighted by Crippen LogP contribution is 2.48. The Labute approximate surface area is 153 Å². The third-order valence-electron chi connectivity index (χ3n) is 6.38. The highest BCUT2D eigenvalue weighted by Gasteiger charge is 2.56. The number of benzene rings is 1. The van der Waals surface area contributed by atoms with E-state index < -0.39 is 0 Å². The Morgan fingerprint density at radius 3 is 3.00 bits per heavy atom. The second kappa shape index (κ2) is 6.49. The maximum absolute atomic E-state index is 15.9. The zero-order chi connectivity index (χ0) is 17.6. The van der Waals surface area contributed by atoms with Crippen LogP contribution in [0.5, 0.6) is 0 Å². The molecule has 3 aliphatic rings. The molecule has 1 aromatic heterocycles.